The molecule has 2 amide bonds. The third-order valence-corrected chi connectivity index (χ3v) is 6.88. The van der Waals surface area contributed by atoms with Gasteiger partial charge in [0.1, 0.15) is 11.9 Å². The molecule has 2 aromatic rings. The first kappa shape index (κ1) is 20.5. The first-order chi connectivity index (χ1) is 13.1. The number of likely N-dealkylation sites (N-methyl/N-ethyl adjacent to an activating group) is 1. The zero-order valence-corrected chi connectivity index (χ0v) is 17.6. The van der Waals surface area contributed by atoms with E-state index in [1.54, 1.807) is 13.1 Å². The molecule has 2 unspecified atom stereocenters. The number of hydrogen-bond acceptors (Lipinski definition) is 3. The van der Waals surface area contributed by atoms with Gasteiger partial charge in [0.15, 0.2) is 0 Å². The van der Waals surface area contributed by atoms with E-state index in [0.717, 1.165) is 19.3 Å². The Bertz CT molecular complexity index is 900. The summed E-state index contributed by atoms with van der Waals surface area (Å²) < 4.78 is 13.6. The lowest BCUT2D eigenvalue weighted by Gasteiger charge is -2.33. The van der Waals surface area contributed by atoms with E-state index < -0.39 is 17.8 Å². The summed E-state index contributed by atoms with van der Waals surface area (Å²) in [4.78, 5) is 28.3. The maximum absolute atomic E-state index is 13.6. The fourth-order valence-corrected chi connectivity index (χ4v) is 5.11. The van der Waals surface area contributed by atoms with Crippen molar-refractivity contribution in [3.8, 4) is 0 Å². The lowest BCUT2D eigenvalue weighted by molar-refractivity contribution is -0.122. The lowest BCUT2D eigenvalue weighted by Crippen LogP contribution is -2.39. The van der Waals surface area contributed by atoms with Crippen LogP contribution < -0.4 is 5.73 Å². The third kappa shape index (κ3) is 4.12. The Kier molecular flexibility index (Phi) is 5.62. The summed E-state index contributed by atoms with van der Waals surface area (Å²) in [6.07, 6.45) is 3.06. The van der Waals surface area contributed by atoms with E-state index in [1.165, 1.54) is 44.9 Å². The fourth-order valence-electron chi connectivity index (χ4n) is 3.91. The highest BCUT2D eigenvalue weighted by Crippen LogP contribution is 2.40. The molecule has 0 aliphatic heterocycles. The average Bonchev–Trinajstić information content (AvgIpc) is 3.03. The van der Waals surface area contributed by atoms with Crippen LogP contribution in [0.5, 0.6) is 0 Å². The first-order valence-electron chi connectivity index (χ1n) is 9.51. The quantitative estimate of drug-likeness (QED) is 0.827. The molecular weight excluding hydrogens is 375 g/mol. The van der Waals surface area contributed by atoms with Crippen molar-refractivity contribution in [1.29, 1.82) is 0 Å². The molecule has 2 N–H and O–H groups in total. The SMILES string of the molecule is CN(C(=O)c1cc2c(s1)CCC(C(C)(C)C)C2)C(C(N)=O)c1cccc(F)c1. The van der Waals surface area contributed by atoms with Crippen LogP contribution in [-0.4, -0.2) is 23.8 Å². The smallest absolute Gasteiger partial charge is 0.264 e. The van der Waals surface area contributed by atoms with Crippen molar-refractivity contribution in [1.82, 2.24) is 4.90 Å². The summed E-state index contributed by atoms with van der Waals surface area (Å²) >= 11 is 1.49. The molecule has 1 heterocycles. The topological polar surface area (TPSA) is 63.4 Å². The van der Waals surface area contributed by atoms with Crippen LogP contribution in [0, 0.1) is 17.2 Å². The van der Waals surface area contributed by atoms with E-state index in [-0.39, 0.29) is 11.3 Å². The van der Waals surface area contributed by atoms with E-state index in [1.807, 2.05) is 6.07 Å². The number of amides is 2. The predicted molar refractivity (Wildman–Crippen MR) is 110 cm³/mol. The van der Waals surface area contributed by atoms with Crippen LogP contribution in [-0.2, 0) is 17.6 Å². The summed E-state index contributed by atoms with van der Waals surface area (Å²) in [6.45, 7) is 6.77. The molecule has 0 spiro atoms. The Morgan fingerprint density at radius 1 is 1.29 bits per heavy atom. The lowest BCUT2D eigenvalue weighted by atomic mass is 9.72. The van der Waals surface area contributed by atoms with Crippen molar-refractivity contribution in [2.75, 3.05) is 7.05 Å². The number of halogens is 1. The van der Waals surface area contributed by atoms with Gasteiger partial charge >= 0.3 is 0 Å². The number of carbonyl (C=O) groups is 2. The molecule has 0 bridgehead atoms. The number of fused-ring (bicyclic) bond motifs is 1. The molecule has 4 nitrogen and oxygen atoms in total. The van der Waals surface area contributed by atoms with E-state index in [4.69, 9.17) is 5.73 Å². The number of carbonyl (C=O) groups excluding carboxylic acids is 2. The highest BCUT2D eigenvalue weighted by atomic mass is 32.1. The second kappa shape index (κ2) is 7.66. The van der Waals surface area contributed by atoms with Gasteiger partial charge in [-0.15, -0.1) is 11.3 Å². The minimum atomic E-state index is -1.01. The largest absolute Gasteiger partial charge is 0.368 e. The Balaban J connectivity index is 1.85. The van der Waals surface area contributed by atoms with E-state index in [0.29, 0.717) is 16.4 Å². The van der Waals surface area contributed by atoms with Gasteiger partial charge < -0.3 is 10.6 Å². The van der Waals surface area contributed by atoms with Crippen LogP contribution >= 0.6 is 11.3 Å². The molecule has 1 aromatic heterocycles. The number of nitrogens with two attached hydrogens (primary N) is 1. The standard InChI is InChI=1S/C22H27FN2O2S/c1-22(2,3)15-8-9-17-14(10-15)12-18(28-17)21(27)25(4)19(20(24)26)13-6-5-7-16(23)11-13/h5-7,11-12,15,19H,8-10H2,1-4H3,(H2,24,26). The molecule has 150 valence electrons. The van der Waals surface area contributed by atoms with Gasteiger partial charge in [0, 0.05) is 11.9 Å². The Labute approximate surface area is 169 Å². The van der Waals surface area contributed by atoms with Crippen molar-refractivity contribution in [3.05, 3.63) is 57.0 Å². The van der Waals surface area contributed by atoms with Gasteiger partial charge in [-0.25, -0.2) is 4.39 Å². The molecule has 0 saturated heterocycles. The van der Waals surface area contributed by atoms with Crippen LogP contribution in [0.4, 0.5) is 4.39 Å². The average molecular weight is 403 g/mol. The number of rotatable bonds is 4. The summed E-state index contributed by atoms with van der Waals surface area (Å²) in [6, 6.07) is 6.60. The van der Waals surface area contributed by atoms with Gasteiger partial charge in [-0.1, -0.05) is 32.9 Å². The van der Waals surface area contributed by atoms with E-state index >= 15 is 0 Å². The molecule has 0 radical (unpaired) electrons. The van der Waals surface area contributed by atoms with Gasteiger partial charge in [-0.2, -0.15) is 0 Å². The minimum absolute atomic E-state index is 0.231. The van der Waals surface area contributed by atoms with Crippen molar-refractivity contribution in [2.45, 2.75) is 46.1 Å². The van der Waals surface area contributed by atoms with Crippen molar-refractivity contribution in [2.24, 2.45) is 17.1 Å². The Morgan fingerprint density at radius 3 is 2.61 bits per heavy atom. The molecule has 1 aliphatic rings. The first-order valence-corrected chi connectivity index (χ1v) is 10.3. The molecule has 1 aliphatic carbocycles. The van der Waals surface area contributed by atoms with Crippen LogP contribution in [0.15, 0.2) is 30.3 Å². The van der Waals surface area contributed by atoms with Crippen molar-refractivity contribution in [3.63, 3.8) is 0 Å². The molecule has 2 atom stereocenters. The maximum Gasteiger partial charge on any atom is 0.264 e. The van der Waals surface area contributed by atoms with Crippen LogP contribution in [0.1, 0.15) is 58.9 Å². The number of thiophene rings is 1. The second-order valence-corrected chi connectivity index (χ2v) is 9.78. The molecule has 1 aromatic carbocycles. The summed E-state index contributed by atoms with van der Waals surface area (Å²) in [5, 5.41) is 0. The predicted octanol–water partition coefficient (Wildman–Crippen LogP) is 4.34. The molecule has 28 heavy (non-hydrogen) atoms. The molecule has 3 rings (SSSR count). The van der Waals surface area contributed by atoms with Crippen molar-refractivity contribution < 1.29 is 14.0 Å². The highest BCUT2D eigenvalue weighted by molar-refractivity contribution is 7.14. The van der Waals surface area contributed by atoms with Gasteiger partial charge in [0.2, 0.25) is 5.91 Å². The summed E-state index contributed by atoms with van der Waals surface area (Å²) in [5.74, 6) is -0.833. The summed E-state index contributed by atoms with van der Waals surface area (Å²) in [5.41, 5.74) is 7.38. The maximum atomic E-state index is 13.6. The second-order valence-electron chi connectivity index (χ2n) is 8.64. The molecule has 0 fully saturated rings. The zero-order chi connectivity index (χ0) is 20.6. The monoisotopic (exact) mass is 402 g/mol. The molecule has 6 heteroatoms. The fraction of sp³-hybridized carbons (Fsp3) is 0.455. The van der Waals surface area contributed by atoms with Gasteiger partial charge in [0.05, 0.1) is 4.88 Å². The number of primary amides is 1. The van der Waals surface area contributed by atoms with E-state index in [2.05, 4.69) is 20.8 Å². The molecular formula is C22H27FN2O2S. The zero-order valence-electron chi connectivity index (χ0n) is 16.8. The van der Waals surface area contributed by atoms with E-state index in [9.17, 15) is 14.0 Å². The van der Waals surface area contributed by atoms with Crippen LogP contribution in [0.25, 0.3) is 0 Å². The van der Waals surface area contributed by atoms with Crippen LogP contribution in [0.2, 0.25) is 0 Å². The third-order valence-electron chi connectivity index (χ3n) is 5.66. The Hall–Kier alpha value is -2.21. The van der Waals surface area contributed by atoms with Crippen molar-refractivity contribution >= 4 is 23.2 Å². The number of nitrogens with zero attached hydrogens (tertiary/aromatic N) is 1. The Morgan fingerprint density at radius 2 is 2.00 bits per heavy atom. The van der Waals surface area contributed by atoms with Gasteiger partial charge in [-0.3, -0.25) is 9.59 Å². The highest BCUT2D eigenvalue weighted by Gasteiger charge is 2.33. The number of benzene rings is 1. The van der Waals surface area contributed by atoms with Gasteiger partial charge in [0.25, 0.3) is 5.91 Å². The van der Waals surface area contributed by atoms with Crippen LogP contribution in [0.3, 0.4) is 0 Å². The normalized spacial score (nSPS) is 17.7. The van der Waals surface area contributed by atoms with Gasteiger partial charge in [-0.05, 0) is 59.9 Å². The minimum Gasteiger partial charge on any atom is -0.368 e. The summed E-state index contributed by atoms with van der Waals surface area (Å²) in [7, 11) is 1.54. The number of hydrogen-bond donors (Lipinski definition) is 1. The molecule has 0 saturated carbocycles. The number of aryl methyl sites for hydroxylation is 1.